The van der Waals surface area contributed by atoms with Crippen molar-refractivity contribution >= 4 is 5.91 Å². The van der Waals surface area contributed by atoms with Gasteiger partial charge in [-0.25, -0.2) is 0 Å². The molecule has 1 aliphatic heterocycles. The first kappa shape index (κ1) is 9.56. The number of carbonyl (C=O) groups excluding carboxylic acids is 1. The number of carbonyl (C=O) groups is 1. The first-order valence-corrected chi connectivity index (χ1v) is 5.16. The minimum absolute atomic E-state index is 0.204. The largest absolute Gasteiger partial charge is 0.356 e. The summed E-state index contributed by atoms with van der Waals surface area (Å²) in [4.78, 5) is 10.1. The Labute approximate surface area is 74.7 Å². The summed E-state index contributed by atoms with van der Waals surface area (Å²) >= 11 is 0. The van der Waals surface area contributed by atoms with Gasteiger partial charge in [0.25, 0.3) is 0 Å². The van der Waals surface area contributed by atoms with E-state index in [0.29, 0.717) is 0 Å². The normalized spacial score (nSPS) is 22.5. The van der Waals surface area contributed by atoms with Gasteiger partial charge in [-0.15, -0.1) is 0 Å². The molecule has 1 aliphatic carbocycles. The molecule has 1 N–H and O–H groups in total. The van der Waals surface area contributed by atoms with E-state index in [2.05, 4.69) is 5.32 Å². The van der Waals surface area contributed by atoms with Crippen LogP contribution in [0.2, 0.25) is 0 Å². The van der Waals surface area contributed by atoms with E-state index in [4.69, 9.17) is 0 Å². The highest BCUT2D eigenvalue weighted by Gasteiger charge is 2.05. The fraction of sp³-hybridized carbons (Fsp3) is 0.900. The first-order valence-electron chi connectivity index (χ1n) is 5.16. The lowest BCUT2D eigenvalue weighted by Gasteiger charge is -2.05. The van der Waals surface area contributed by atoms with Crippen LogP contribution in [0.4, 0.5) is 0 Å². The van der Waals surface area contributed by atoms with Gasteiger partial charge in [0.1, 0.15) is 0 Å². The standard InChI is InChI=1S/C6H12.C4H7NO/c1-2-4-6-5-3-1;6-4-2-1-3-5-4/h1-6H2;1-3H2,(H,5,6). The molecule has 12 heavy (non-hydrogen) atoms. The predicted octanol–water partition coefficient (Wildman–Crippen LogP) is 2.24. The summed E-state index contributed by atoms with van der Waals surface area (Å²) < 4.78 is 0. The molecule has 2 heteroatoms. The third-order valence-electron chi connectivity index (χ3n) is 2.40. The van der Waals surface area contributed by atoms with Crippen LogP contribution in [-0.2, 0) is 4.79 Å². The van der Waals surface area contributed by atoms with Crippen molar-refractivity contribution in [3.05, 3.63) is 0 Å². The van der Waals surface area contributed by atoms with Crippen LogP contribution in [0.15, 0.2) is 0 Å². The maximum atomic E-state index is 10.1. The number of amides is 1. The Morgan fingerprint density at radius 1 is 0.833 bits per heavy atom. The predicted molar refractivity (Wildman–Crippen MR) is 49.9 cm³/mol. The second kappa shape index (κ2) is 6.04. The molecule has 0 aromatic rings. The van der Waals surface area contributed by atoms with Crippen molar-refractivity contribution in [3.8, 4) is 0 Å². The Balaban J connectivity index is 0.000000120. The van der Waals surface area contributed by atoms with Gasteiger partial charge in [0, 0.05) is 13.0 Å². The van der Waals surface area contributed by atoms with Crippen LogP contribution in [-0.4, -0.2) is 12.5 Å². The van der Waals surface area contributed by atoms with Crippen LogP contribution in [0.25, 0.3) is 0 Å². The maximum Gasteiger partial charge on any atom is 0.220 e. The topological polar surface area (TPSA) is 29.1 Å². The molecule has 70 valence electrons. The first-order chi connectivity index (χ1) is 5.89. The number of rotatable bonds is 0. The van der Waals surface area contributed by atoms with Gasteiger partial charge in [0.15, 0.2) is 0 Å². The van der Waals surface area contributed by atoms with Crippen LogP contribution in [0, 0.1) is 0 Å². The lowest BCUT2D eigenvalue weighted by molar-refractivity contribution is -0.119. The van der Waals surface area contributed by atoms with Gasteiger partial charge in [0.2, 0.25) is 5.91 Å². The van der Waals surface area contributed by atoms with Crippen LogP contribution in [0.1, 0.15) is 51.4 Å². The molecule has 0 radical (unpaired) electrons. The van der Waals surface area contributed by atoms with Crippen molar-refractivity contribution in [1.82, 2.24) is 5.32 Å². The molecular formula is C10H19NO. The van der Waals surface area contributed by atoms with Crippen LogP contribution in [0.5, 0.6) is 0 Å². The lowest BCUT2D eigenvalue weighted by Crippen LogP contribution is -2.12. The number of nitrogens with one attached hydrogen (secondary N) is 1. The second-order valence-corrected chi connectivity index (χ2v) is 3.57. The van der Waals surface area contributed by atoms with Gasteiger partial charge < -0.3 is 5.32 Å². The Hall–Kier alpha value is -0.530. The molecule has 1 saturated heterocycles. The highest BCUT2D eigenvalue weighted by molar-refractivity contribution is 5.77. The molecule has 0 spiro atoms. The minimum Gasteiger partial charge on any atom is -0.356 e. The van der Waals surface area contributed by atoms with E-state index in [1.807, 2.05) is 0 Å². The van der Waals surface area contributed by atoms with E-state index >= 15 is 0 Å². The molecular weight excluding hydrogens is 150 g/mol. The number of hydrogen-bond acceptors (Lipinski definition) is 1. The van der Waals surface area contributed by atoms with E-state index < -0.39 is 0 Å². The molecule has 1 heterocycles. The van der Waals surface area contributed by atoms with E-state index in [1.54, 1.807) is 0 Å². The van der Waals surface area contributed by atoms with Crippen molar-refractivity contribution in [2.45, 2.75) is 51.4 Å². The minimum atomic E-state index is 0.204. The quantitative estimate of drug-likeness (QED) is 0.592. The molecule has 2 fully saturated rings. The highest BCUT2D eigenvalue weighted by atomic mass is 16.1. The van der Waals surface area contributed by atoms with Crippen LogP contribution in [0.3, 0.4) is 0 Å². The second-order valence-electron chi connectivity index (χ2n) is 3.57. The van der Waals surface area contributed by atoms with Crippen molar-refractivity contribution in [3.63, 3.8) is 0 Å². The molecule has 2 nitrogen and oxygen atoms in total. The third-order valence-corrected chi connectivity index (χ3v) is 2.40. The van der Waals surface area contributed by atoms with Crippen molar-refractivity contribution in [2.24, 2.45) is 0 Å². The average Bonchev–Trinajstić information content (AvgIpc) is 2.60. The van der Waals surface area contributed by atoms with Crippen LogP contribution >= 0.6 is 0 Å². The molecule has 2 rings (SSSR count). The zero-order valence-electron chi connectivity index (χ0n) is 7.77. The summed E-state index contributed by atoms with van der Waals surface area (Å²) in [7, 11) is 0. The molecule has 0 aromatic carbocycles. The summed E-state index contributed by atoms with van der Waals surface area (Å²) in [6, 6.07) is 0. The summed E-state index contributed by atoms with van der Waals surface area (Å²) in [6.45, 7) is 0.888. The molecule has 0 unspecified atom stereocenters. The average molecular weight is 169 g/mol. The van der Waals surface area contributed by atoms with E-state index in [0.717, 1.165) is 19.4 Å². The van der Waals surface area contributed by atoms with Gasteiger partial charge >= 0.3 is 0 Å². The summed E-state index contributed by atoms with van der Waals surface area (Å²) in [6.07, 6.45) is 10.8. The molecule has 0 aromatic heterocycles. The van der Waals surface area contributed by atoms with E-state index in [-0.39, 0.29) is 5.91 Å². The zero-order valence-corrected chi connectivity index (χ0v) is 7.77. The summed E-state index contributed by atoms with van der Waals surface area (Å²) in [5.74, 6) is 0.204. The Bertz CT molecular complexity index is 110. The van der Waals surface area contributed by atoms with Crippen molar-refractivity contribution < 1.29 is 4.79 Å². The lowest BCUT2D eigenvalue weighted by atomic mass is 10.0. The molecule has 1 saturated carbocycles. The van der Waals surface area contributed by atoms with E-state index in [9.17, 15) is 4.79 Å². The van der Waals surface area contributed by atoms with E-state index in [1.165, 1.54) is 38.5 Å². The van der Waals surface area contributed by atoms with Gasteiger partial charge in [-0.1, -0.05) is 38.5 Å². The third kappa shape index (κ3) is 4.37. The fourth-order valence-electron chi connectivity index (χ4n) is 1.63. The Morgan fingerprint density at radius 3 is 1.50 bits per heavy atom. The molecule has 1 amide bonds. The summed E-state index contributed by atoms with van der Waals surface area (Å²) in [5.41, 5.74) is 0. The Morgan fingerprint density at radius 2 is 1.33 bits per heavy atom. The zero-order chi connectivity index (χ0) is 8.65. The van der Waals surface area contributed by atoms with Gasteiger partial charge in [-0.05, 0) is 6.42 Å². The highest BCUT2D eigenvalue weighted by Crippen LogP contribution is 2.15. The van der Waals surface area contributed by atoms with Gasteiger partial charge in [-0.2, -0.15) is 0 Å². The monoisotopic (exact) mass is 169 g/mol. The van der Waals surface area contributed by atoms with Crippen molar-refractivity contribution in [1.29, 1.82) is 0 Å². The smallest absolute Gasteiger partial charge is 0.220 e. The summed E-state index contributed by atoms with van der Waals surface area (Å²) in [5, 5.41) is 2.68. The molecule has 0 atom stereocenters. The molecule has 0 bridgehead atoms. The maximum absolute atomic E-state index is 10.1. The van der Waals surface area contributed by atoms with Crippen molar-refractivity contribution in [2.75, 3.05) is 6.54 Å². The molecule has 2 aliphatic rings. The van der Waals surface area contributed by atoms with Crippen LogP contribution < -0.4 is 5.32 Å². The Kier molecular flexibility index (Phi) is 4.81. The fourth-order valence-corrected chi connectivity index (χ4v) is 1.63. The number of hydrogen-bond donors (Lipinski definition) is 1. The van der Waals surface area contributed by atoms with Gasteiger partial charge in [-0.3, -0.25) is 4.79 Å². The van der Waals surface area contributed by atoms with Gasteiger partial charge in [0.05, 0.1) is 0 Å². The SMILES string of the molecule is C1CCCCC1.O=C1CCCN1.